The van der Waals surface area contributed by atoms with Crippen LogP contribution in [0, 0.1) is 17.6 Å². The fraction of sp³-hybridized carbons (Fsp3) is 0.375. The molecule has 0 radical (unpaired) electrons. The van der Waals surface area contributed by atoms with Crippen molar-refractivity contribution in [2.24, 2.45) is 5.92 Å². The van der Waals surface area contributed by atoms with Gasteiger partial charge in [0.05, 0.1) is 6.61 Å². The summed E-state index contributed by atoms with van der Waals surface area (Å²) in [6.07, 6.45) is 1.16. The predicted octanol–water partition coefficient (Wildman–Crippen LogP) is 2.31. The van der Waals surface area contributed by atoms with Crippen molar-refractivity contribution in [3.05, 3.63) is 52.9 Å². The number of rotatable bonds is 5. The molecule has 2 aromatic rings. The van der Waals surface area contributed by atoms with Crippen LogP contribution >= 0.6 is 0 Å². The first-order valence-corrected chi connectivity index (χ1v) is 7.37. The molecule has 122 valence electrons. The van der Waals surface area contributed by atoms with Gasteiger partial charge in [-0.15, -0.1) is 0 Å². The molecule has 1 aliphatic rings. The van der Waals surface area contributed by atoms with Crippen LogP contribution in [0.1, 0.15) is 28.2 Å². The molecule has 0 aliphatic carbocycles. The van der Waals surface area contributed by atoms with Gasteiger partial charge >= 0.3 is 0 Å². The van der Waals surface area contributed by atoms with E-state index in [4.69, 9.17) is 9.26 Å². The number of aromatic nitrogens is 1. The van der Waals surface area contributed by atoms with Crippen LogP contribution < -0.4 is 5.32 Å². The Hall–Kier alpha value is -2.28. The second-order valence-electron chi connectivity index (χ2n) is 5.54. The predicted molar refractivity (Wildman–Crippen MR) is 76.9 cm³/mol. The van der Waals surface area contributed by atoms with Crippen LogP contribution in [0.4, 0.5) is 8.78 Å². The molecule has 1 aromatic carbocycles. The third-order valence-electron chi connectivity index (χ3n) is 3.73. The maximum atomic E-state index is 13.2. The molecule has 1 aromatic heterocycles. The second-order valence-corrected chi connectivity index (χ2v) is 5.54. The van der Waals surface area contributed by atoms with Gasteiger partial charge in [0.15, 0.2) is 17.3 Å². The van der Waals surface area contributed by atoms with Gasteiger partial charge in [0.2, 0.25) is 0 Å². The fourth-order valence-electron chi connectivity index (χ4n) is 2.43. The van der Waals surface area contributed by atoms with Gasteiger partial charge in [-0.1, -0.05) is 11.2 Å². The van der Waals surface area contributed by atoms with E-state index >= 15 is 0 Å². The van der Waals surface area contributed by atoms with Gasteiger partial charge in [-0.05, 0) is 24.1 Å². The highest BCUT2D eigenvalue weighted by Gasteiger charge is 2.18. The molecule has 0 spiro atoms. The lowest BCUT2D eigenvalue weighted by molar-refractivity contribution is 0.0936. The van der Waals surface area contributed by atoms with E-state index in [1.165, 1.54) is 12.1 Å². The van der Waals surface area contributed by atoms with Crippen LogP contribution in [0.15, 0.2) is 28.8 Å². The fourth-order valence-corrected chi connectivity index (χ4v) is 2.43. The highest BCUT2D eigenvalue weighted by atomic mass is 19.2. The number of hydrogen-bond acceptors (Lipinski definition) is 4. The smallest absolute Gasteiger partial charge is 0.273 e. The van der Waals surface area contributed by atoms with Gasteiger partial charge in [-0.25, -0.2) is 8.78 Å². The van der Waals surface area contributed by atoms with Crippen LogP contribution in [-0.4, -0.2) is 30.8 Å². The Morgan fingerprint density at radius 1 is 1.30 bits per heavy atom. The normalized spacial score (nSPS) is 17.4. The molecule has 1 atom stereocenters. The van der Waals surface area contributed by atoms with Crippen molar-refractivity contribution in [3.63, 3.8) is 0 Å². The summed E-state index contributed by atoms with van der Waals surface area (Å²) in [5.74, 6) is -1.41. The van der Waals surface area contributed by atoms with E-state index in [9.17, 15) is 13.6 Å². The molecule has 7 heteroatoms. The van der Waals surface area contributed by atoms with E-state index in [1.54, 1.807) is 0 Å². The summed E-state index contributed by atoms with van der Waals surface area (Å²) in [6.45, 7) is 1.91. The van der Waals surface area contributed by atoms with E-state index < -0.39 is 11.6 Å². The first-order chi connectivity index (χ1) is 11.1. The Morgan fingerprint density at radius 2 is 2.17 bits per heavy atom. The number of amides is 1. The van der Waals surface area contributed by atoms with Gasteiger partial charge in [0, 0.05) is 31.6 Å². The molecule has 0 saturated carbocycles. The van der Waals surface area contributed by atoms with Crippen LogP contribution in [-0.2, 0) is 11.2 Å². The quantitative estimate of drug-likeness (QED) is 0.917. The maximum Gasteiger partial charge on any atom is 0.273 e. The number of hydrogen-bond donors (Lipinski definition) is 1. The Bertz CT molecular complexity index is 696. The summed E-state index contributed by atoms with van der Waals surface area (Å²) in [7, 11) is 0. The molecule has 3 rings (SSSR count). The number of ether oxygens (including phenoxy) is 1. The van der Waals surface area contributed by atoms with Crippen LogP contribution in [0.25, 0.3) is 0 Å². The molecule has 0 bridgehead atoms. The average molecular weight is 322 g/mol. The lowest BCUT2D eigenvalue weighted by Crippen LogP contribution is -2.29. The van der Waals surface area contributed by atoms with Crippen LogP contribution in [0.2, 0.25) is 0 Å². The number of halogens is 2. The van der Waals surface area contributed by atoms with Crippen LogP contribution in [0.3, 0.4) is 0 Å². The van der Waals surface area contributed by atoms with Crippen molar-refractivity contribution in [1.29, 1.82) is 0 Å². The van der Waals surface area contributed by atoms with Crippen LogP contribution in [0.5, 0.6) is 0 Å². The monoisotopic (exact) mass is 322 g/mol. The number of nitrogens with one attached hydrogen (secondary N) is 1. The Kier molecular flexibility index (Phi) is 4.66. The molecule has 2 heterocycles. The van der Waals surface area contributed by atoms with Gasteiger partial charge in [0.1, 0.15) is 5.76 Å². The first-order valence-electron chi connectivity index (χ1n) is 7.37. The summed E-state index contributed by atoms with van der Waals surface area (Å²) >= 11 is 0. The molecule has 1 N–H and O–H groups in total. The topological polar surface area (TPSA) is 64.4 Å². The minimum Gasteiger partial charge on any atom is -0.381 e. The molecular weight excluding hydrogens is 306 g/mol. The Labute approximate surface area is 131 Å². The number of carbonyl (C=O) groups excluding carboxylic acids is 1. The lowest BCUT2D eigenvalue weighted by Gasteiger charge is -2.07. The summed E-state index contributed by atoms with van der Waals surface area (Å²) in [4.78, 5) is 12.0. The van der Waals surface area contributed by atoms with Crippen molar-refractivity contribution in [2.75, 3.05) is 19.8 Å². The molecule has 23 heavy (non-hydrogen) atoms. The van der Waals surface area contributed by atoms with E-state index in [0.29, 0.717) is 30.4 Å². The van der Waals surface area contributed by atoms with Crippen molar-refractivity contribution in [3.8, 4) is 0 Å². The highest BCUT2D eigenvalue weighted by Crippen LogP contribution is 2.15. The van der Waals surface area contributed by atoms with Crippen molar-refractivity contribution >= 4 is 5.91 Å². The van der Waals surface area contributed by atoms with Gasteiger partial charge < -0.3 is 14.6 Å². The SMILES string of the molecule is O=C(NCC1CCOC1)c1cc(Cc2ccc(F)c(F)c2)on1. The van der Waals surface area contributed by atoms with Gasteiger partial charge in [-0.3, -0.25) is 4.79 Å². The van der Waals surface area contributed by atoms with Crippen molar-refractivity contribution in [2.45, 2.75) is 12.8 Å². The Balaban J connectivity index is 1.58. The zero-order chi connectivity index (χ0) is 16.2. The summed E-state index contributed by atoms with van der Waals surface area (Å²) in [6, 6.07) is 5.11. The third kappa shape index (κ3) is 3.92. The zero-order valence-corrected chi connectivity index (χ0v) is 12.4. The largest absolute Gasteiger partial charge is 0.381 e. The zero-order valence-electron chi connectivity index (χ0n) is 12.4. The minimum atomic E-state index is -0.918. The Morgan fingerprint density at radius 3 is 2.91 bits per heavy atom. The standard InChI is InChI=1S/C16H16F2N2O3/c17-13-2-1-10(6-14(13)18)5-12-7-15(20-23-12)16(21)19-8-11-3-4-22-9-11/h1-2,6-7,11H,3-5,8-9H2,(H,19,21). The van der Waals surface area contributed by atoms with E-state index in [1.807, 2.05) is 0 Å². The van der Waals surface area contributed by atoms with E-state index in [-0.39, 0.29) is 18.0 Å². The van der Waals surface area contributed by atoms with Crippen molar-refractivity contribution in [1.82, 2.24) is 10.5 Å². The van der Waals surface area contributed by atoms with Gasteiger partial charge in [-0.2, -0.15) is 0 Å². The lowest BCUT2D eigenvalue weighted by atomic mass is 10.1. The maximum absolute atomic E-state index is 13.2. The minimum absolute atomic E-state index is 0.168. The summed E-state index contributed by atoms with van der Waals surface area (Å²) in [5, 5.41) is 6.50. The molecule has 1 unspecified atom stereocenters. The third-order valence-corrected chi connectivity index (χ3v) is 3.73. The first kappa shape index (κ1) is 15.6. The average Bonchev–Trinajstić information content (AvgIpc) is 3.20. The van der Waals surface area contributed by atoms with Gasteiger partial charge in [0.25, 0.3) is 5.91 Å². The molecule has 5 nitrogen and oxygen atoms in total. The highest BCUT2D eigenvalue weighted by molar-refractivity contribution is 5.92. The number of carbonyl (C=O) groups is 1. The molecule has 1 amide bonds. The summed E-state index contributed by atoms with van der Waals surface area (Å²) < 4.78 is 36.4. The molecule has 1 aliphatic heterocycles. The molecular formula is C16H16F2N2O3. The number of nitrogens with zero attached hydrogens (tertiary/aromatic N) is 1. The molecule has 1 fully saturated rings. The van der Waals surface area contributed by atoms with E-state index in [2.05, 4.69) is 10.5 Å². The second kappa shape index (κ2) is 6.87. The number of benzene rings is 1. The van der Waals surface area contributed by atoms with Crippen molar-refractivity contribution < 1.29 is 22.8 Å². The molecule has 1 saturated heterocycles. The summed E-state index contributed by atoms with van der Waals surface area (Å²) in [5.41, 5.74) is 0.705. The van der Waals surface area contributed by atoms with E-state index in [0.717, 1.165) is 25.2 Å².